The first kappa shape index (κ1) is 14.3. The summed E-state index contributed by atoms with van der Waals surface area (Å²) < 4.78 is 1.86. The van der Waals surface area contributed by atoms with Gasteiger partial charge in [0.25, 0.3) is 0 Å². The Balaban J connectivity index is 1.60. The van der Waals surface area contributed by atoms with Crippen LogP contribution in [0.2, 0.25) is 5.02 Å². The number of carbonyl (C=O) groups is 1. The van der Waals surface area contributed by atoms with E-state index in [4.69, 9.17) is 11.6 Å². The molecule has 0 unspecified atom stereocenters. The van der Waals surface area contributed by atoms with E-state index in [9.17, 15) is 4.79 Å². The van der Waals surface area contributed by atoms with Crippen molar-refractivity contribution in [1.29, 1.82) is 0 Å². The number of halogens is 1. The molecule has 3 aromatic rings. The van der Waals surface area contributed by atoms with Gasteiger partial charge in [-0.25, -0.2) is 4.98 Å². The fraction of sp³-hybridized carbons (Fsp3) is 0.222. The molecule has 0 saturated heterocycles. The zero-order valence-electron chi connectivity index (χ0n) is 12.6. The molecule has 1 amide bonds. The van der Waals surface area contributed by atoms with Crippen LogP contribution >= 0.6 is 11.6 Å². The summed E-state index contributed by atoms with van der Waals surface area (Å²) in [5, 5.41) is 0.651. The summed E-state index contributed by atoms with van der Waals surface area (Å²) >= 11 is 5.99. The van der Waals surface area contributed by atoms with Crippen LogP contribution < -0.4 is 4.90 Å². The molecule has 1 aromatic carbocycles. The number of anilines is 1. The van der Waals surface area contributed by atoms with Crippen molar-refractivity contribution >= 4 is 28.8 Å². The van der Waals surface area contributed by atoms with Gasteiger partial charge >= 0.3 is 0 Å². The Bertz CT molecular complexity index is 887. The molecule has 2 aromatic heterocycles. The van der Waals surface area contributed by atoms with Crippen LogP contribution in [0.1, 0.15) is 17.7 Å². The highest BCUT2D eigenvalue weighted by Crippen LogP contribution is 2.27. The number of benzene rings is 1. The van der Waals surface area contributed by atoms with Crippen molar-refractivity contribution in [2.24, 2.45) is 0 Å². The maximum atomic E-state index is 12.7. The first-order valence-corrected chi connectivity index (χ1v) is 8.10. The number of para-hydroxylation sites is 1. The SMILES string of the molecule is O=C(Cc1cn2cc(Cl)ccc2n1)N1CCCc2ccccc21. The summed E-state index contributed by atoms with van der Waals surface area (Å²) in [7, 11) is 0. The highest BCUT2D eigenvalue weighted by molar-refractivity contribution is 6.30. The average Bonchev–Trinajstić information content (AvgIpc) is 2.95. The topological polar surface area (TPSA) is 37.6 Å². The third-order valence-corrected chi connectivity index (χ3v) is 4.43. The van der Waals surface area contributed by atoms with E-state index in [1.54, 1.807) is 12.3 Å². The largest absolute Gasteiger partial charge is 0.312 e. The van der Waals surface area contributed by atoms with Crippen molar-refractivity contribution in [3.8, 4) is 0 Å². The number of amides is 1. The Kier molecular flexibility index (Phi) is 3.54. The van der Waals surface area contributed by atoms with Crippen molar-refractivity contribution in [2.45, 2.75) is 19.3 Å². The third-order valence-electron chi connectivity index (χ3n) is 4.21. The Morgan fingerprint density at radius 1 is 1.17 bits per heavy atom. The van der Waals surface area contributed by atoms with Crippen LogP contribution in [0, 0.1) is 0 Å². The lowest BCUT2D eigenvalue weighted by atomic mass is 10.0. The minimum Gasteiger partial charge on any atom is -0.312 e. The molecule has 4 nitrogen and oxygen atoms in total. The molecule has 0 saturated carbocycles. The molecule has 0 aliphatic carbocycles. The molecule has 23 heavy (non-hydrogen) atoms. The van der Waals surface area contributed by atoms with Gasteiger partial charge in [0.2, 0.25) is 5.91 Å². The van der Waals surface area contributed by atoms with Gasteiger partial charge in [0.05, 0.1) is 17.1 Å². The number of pyridine rings is 1. The number of nitrogens with zero attached hydrogens (tertiary/aromatic N) is 3. The van der Waals surface area contributed by atoms with Gasteiger partial charge in [-0.05, 0) is 36.6 Å². The smallest absolute Gasteiger partial charge is 0.233 e. The fourth-order valence-corrected chi connectivity index (χ4v) is 3.31. The second kappa shape index (κ2) is 5.70. The molecular weight excluding hydrogens is 310 g/mol. The van der Waals surface area contributed by atoms with Crippen LogP contribution in [0.5, 0.6) is 0 Å². The fourth-order valence-electron chi connectivity index (χ4n) is 3.15. The van der Waals surface area contributed by atoms with Crippen molar-refractivity contribution in [2.75, 3.05) is 11.4 Å². The second-order valence-corrected chi connectivity index (χ2v) is 6.24. The first-order valence-electron chi connectivity index (χ1n) is 7.72. The molecule has 0 radical (unpaired) electrons. The maximum absolute atomic E-state index is 12.7. The van der Waals surface area contributed by atoms with E-state index in [0.717, 1.165) is 36.4 Å². The highest BCUT2D eigenvalue weighted by Gasteiger charge is 2.22. The molecule has 4 rings (SSSR count). The first-order chi connectivity index (χ1) is 11.2. The predicted octanol–water partition coefficient (Wildman–Crippen LogP) is 3.51. The molecule has 0 fully saturated rings. The Morgan fingerprint density at radius 2 is 2.04 bits per heavy atom. The molecule has 0 N–H and O–H groups in total. The van der Waals surface area contributed by atoms with E-state index in [-0.39, 0.29) is 5.91 Å². The van der Waals surface area contributed by atoms with Gasteiger partial charge in [0.15, 0.2) is 0 Å². The molecule has 0 atom stereocenters. The molecular formula is C18H16ClN3O. The molecule has 1 aliphatic heterocycles. The number of hydrogen-bond acceptors (Lipinski definition) is 2. The lowest BCUT2D eigenvalue weighted by molar-refractivity contribution is -0.118. The zero-order chi connectivity index (χ0) is 15.8. The van der Waals surface area contributed by atoms with Crippen molar-refractivity contribution < 1.29 is 4.79 Å². The summed E-state index contributed by atoms with van der Waals surface area (Å²) in [6.45, 7) is 0.773. The van der Waals surface area contributed by atoms with Crippen LogP contribution in [-0.4, -0.2) is 21.8 Å². The normalized spacial score (nSPS) is 14.0. The number of hydrogen-bond donors (Lipinski definition) is 0. The van der Waals surface area contributed by atoms with Gasteiger partial charge < -0.3 is 9.30 Å². The minimum absolute atomic E-state index is 0.0895. The Morgan fingerprint density at radius 3 is 2.96 bits per heavy atom. The van der Waals surface area contributed by atoms with Gasteiger partial charge in [-0.2, -0.15) is 0 Å². The van der Waals surface area contributed by atoms with Crippen LogP contribution in [-0.2, 0) is 17.6 Å². The number of aromatic nitrogens is 2. The quantitative estimate of drug-likeness (QED) is 0.723. The molecule has 0 bridgehead atoms. The molecule has 116 valence electrons. The van der Waals surface area contributed by atoms with Crippen molar-refractivity contribution in [3.05, 3.63) is 65.1 Å². The van der Waals surface area contributed by atoms with Gasteiger partial charge in [-0.3, -0.25) is 4.79 Å². The molecule has 1 aliphatic rings. The minimum atomic E-state index is 0.0895. The second-order valence-electron chi connectivity index (χ2n) is 5.80. The van der Waals surface area contributed by atoms with Gasteiger partial charge in [-0.1, -0.05) is 29.8 Å². The van der Waals surface area contributed by atoms with Crippen LogP contribution in [0.25, 0.3) is 5.65 Å². The highest BCUT2D eigenvalue weighted by atomic mass is 35.5. The lowest BCUT2D eigenvalue weighted by Gasteiger charge is -2.29. The number of imidazole rings is 1. The Hall–Kier alpha value is -2.33. The summed E-state index contributed by atoms with van der Waals surface area (Å²) in [6, 6.07) is 11.8. The van der Waals surface area contributed by atoms with Crippen molar-refractivity contribution in [1.82, 2.24) is 9.38 Å². The van der Waals surface area contributed by atoms with Crippen LogP contribution in [0.15, 0.2) is 48.8 Å². The third kappa shape index (κ3) is 2.70. The zero-order valence-corrected chi connectivity index (χ0v) is 13.3. The lowest BCUT2D eigenvalue weighted by Crippen LogP contribution is -2.36. The number of carbonyl (C=O) groups excluding carboxylic acids is 1. The Labute approximate surface area is 139 Å². The van der Waals surface area contributed by atoms with E-state index >= 15 is 0 Å². The van der Waals surface area contributed by atoms with Crippen LogP contribution in [0.3, 0.4) is 0 Å². The van der Waals surface area contributed by atoms with E-state index in [0.29, 0.717) is 11.4 Å². The summed E-state index contributed by atoms with van der Waals surface area (Å²) in [5.41, 5.74) is 3.85. The molecule has 3 heterocycles. The van der Waals surface area contributed by atoms with Crippen LogP contribution in [0.4, 0.5) is 5.69 Å². The van der Waals surface area contributed by atoms with E-state index in [1.165, 1.54) is 5.56 Å². The molecule has 5 heteroatoms. The standard InChI is InChI=1S/C18H16ClN3O/c19-14-7-8-17-20-15(12-21(17)11-14)10-18(23)22-9-3-5-13-4-1-2-6-16(13)22/h1-2,4,6-8,11-12H,3,5,9-10H2. The van der Waals surface area contributed by atoms with Gasteiger partial charge in [-0.15, -0.1) is 0 Å². The summed E-state index contributed by atoms with van der Waals surface area (Å²) in [4.78, 5) is 19.1. The van der Waals surface area contributed by atoms with E-state index < -0.39 is 0 Å². The van der Waals surface area contributed by atoms with E-state index in [1.807, 2.05) is 39.8 Å². The summed E-state index contributed by atoms with van der Waals surface area (Å²) in [5.74, 6) is 0.0895. The number of rotatable bonds is 2. The van der Waals surface area contributed by atoms with Gasteiger partial charge in [0.1, 0.15) is 5.65 Å². The molecule has 0 spiro atoms. The number of fused-ring (bicyclic) bond motifs is 2. The summed E-state index contributed by atoms with van der Waals surface area (Å²) in [6.07, 6.45) is 6.01. The number of aryl methyl sites for hydroxylation is 1. The predicted molar refractivity (Wildman–Crippen MR) is 91.0 cm³/mol. The maximum Gasteiger partial charge on any atom is 0.233 e. The van der Waals surface area contributed by atoms with Crippen molar-refractivity contribution in [3.63, 3.8) is 0 Å². The monoisotopic (exact) mass is 325 g/mol. The van der Waals surface area contributed by atoms with E-state index in [2.05, 4.69) is 11.1 Å². The average molecular weight is 326 g/mol. The van der Waals surface area contributed by atoms with Gasteiger partial charge in [0, 0.05) is 24.6 Å².